The summed E-state index contributed by atoms with van der Waals surface area (Å²) in [6.07, 6.45) is 12.3. The smallest absolute Gasteiger partial charge is 0.0139 e. The minimum Gasteiger partial charge on any atom is -0.103 e. The second-order valence-corrected chi connectivity index (χ2v) is 4.94. The van der Waals surface area contributed by atoms with E-state index < -0.39 is 0 Å². The monoisotopic (exact) mass is 206 g/mol. The molecule has 1 aliphatic carbocycles. The second-order valence-electron chi connectivity index (χ2n) is 4.94. The predicted octanol–water partition coefficient (Wildman–Crippen LogP) is 4.83. The lowest BCUT2D eigenvalue weighted by molar-refractivity contribution is 0.224. The molecule has 0 saturated heterocycles. The maximum Gasteiger partial charge on any atom is -0.0139 e. The van der Waals surface area contributed by atoms with Crippen LogP contribution in [0.3, 0.4) is 0 Å². The summed E-state index contributed by atoms with van der Waals surface area (Å²) >= 11 is 0. The van der Waals surface area contributed by atoms with Crippen LogP contribution in [0.4, 0.5) is 0 Å². The molecular weight excluding hydrogens is 180 g/mol. The Labute approximate surface area is 95.5 Å². The Balaban J connectivity index is 2.71. The lowest BCUT2D eigenvalue weighted by Gasteiger charge is -2.36. The Bertz CT molecular complexity index is 214. The van der Waals surface area contributed by atoms with Crippen LogP contribution in [-0.2, 0) is 0 Å². The highest BCUT2D eigenvalue weighted by molar-refractivity contribution is 5.07. The van der Waals surface area contributed by atoms with Crippen LogP contribution in [0.2, 0.25) is 0 Å². The molecule has 0 aromatic carbocycles. The molecule has 0 bridgehead atoms. The molecule has 0 saturated carbocycles. The Hall–Kier alpha value is -0.520. The molecule has 0 amide bonds. The van der Waals surface area contributed by atoms with Gasteiger partial charge in [0.05, 0.1) is 0 Å². The van der Waals surface area contributed by atoms with E-state index in [1.54, 1.807) is 0 Å². The Morgan fingerprint density at radius 2 is 2.00 bits per heavy atom. The zero-order valence-electron chi connectivity index (χ0n) is 10.6. The van der Waals surface area contributed by atoms with Gasteiger partial charge in [-0.1, -0.05) is 51.8 Å². The second kappa shape index (κ2) is 6.15. The molecule has 1 rings (SSSR count). The quantitative estimate of drug-likeness (QED) is 0.565. The van der Waals surface area contributed by atoms with Crippen LogP contribution in [0.1, 0.15) is 46.5 Å². The van der Waals surface area contributed by atoms with Crippen LogP contribution in [0.5, 0.6) is 0 Å². The first kappa shape index (κ1) is 12.5. The van der Waals surface area contributed by atoms with Gasteiger partial charge in [-0.05, 0) is 36.5 Å². The van der Waals surface area contributed by atoms with Crippen molar-refractivity contribution in [3.05, 3.63) is 24.8 Å². The highest BCUT2D eigenvalue weighted by Crippen LogP contribution is 2.39. The van der Waals surface area contributed by atoms with Gasteiger partial charge in [0.15, 0.2) is 0 Å². The molecule has 0 aromatic heterocycles. The highest BCUT2D eigenvalue weighted by atomic mass is 14.3. The molecule has 15 heavy (non-hydrogen) atoms. The molecule has 0 N–H and O–H groups in total. The van der Waals surface area contributed by atoms with E-state index in [2.05, 4.69) is 45.6 Å². The predicted molar refractivity (Wildman–Crippen MR) is 68.8 cm³/mol. The molecule has 0 heterocycles. The first-order valence-electron chi connectivity index (χ1n) is 6.55. The minimum atomic E-state index is 0.710. The zero-order valence-corrected chi connectivity index (χ0v) is 10.6. The van der Waals surface area contributed by atoms with Crippen molar-refractivity contribution < 1.29 is 0 Å². The van der Waals surface area contributed by atoms with E-state index in [-0.39, 0.29) is 0 Å². The summed E-state index contributed by atoms with van der Waals surface area (Å²) in [7, 11) is 0. The summed E-state index contributed by atoms with van der Waals surface area (Å²) in [5.74, 6) is 3.02. The Morgan fingerprint density at radius 3 is 2.53 bits per heavy atom. The molecule has 0 fully saturated rings. The van der Waals surface area contributed by atoms with Crippen LogP contribution in [-0.4, -0.2) is 0 Å². The molecule has 0 heteroatoms. The normalized spacial score (nSPS) is 35.4. The molecular formula is C15H26. The largest absolute Gasteiger partial charge is 0.103 e. The summed E-state index contributed by atoms with van der Waals surface area (Å²) in [6.45, 7) is 11.0. The summed E-state index contributed by atoms with van der Waals surface area (Å²) in [4.78, 5) is 0. The van der Waals surface area contributed by atoms with Gasteiger partial charge < -0.3 is 0 Å². The summed E-state index contributed by atoms with van der Waals surface area (Å²) in [6, 6.07) is 0. The van der Waals surface area contributed by atoms with Crippen molar-refractivity contribution in [2.75, 3.05) is 0 Å². The van der Waals surface area contributed by atoms with Gasteiger partial charge in [-0.25, -0.2) is 0 Å². The maximum absolute atomic E-state index is 4.04. The van der Waals surface area contributed by atoms with Gasteiger partial charge in [-0.15, -0.1) is 6.58 Å². The molecule has 4 atom stereocenters. The lowest BCUT2D eigenvalue weighted by Crippen LogP contribution is -2.28. The van der Waals surface area contributed by atoms with Crippen molar-refractivity contribution in [2.45, 2.75) is 46.5 Å². The Morgan fingerprint density at radius 1 is 1.27 bits per heavy atom. The van der Waals surface area contributed by atoms with Gasteiger partial charge in [0.1, 0.15) is 0 Å². The molecule has 86 valence electrons. The van der Waals surface area contributed by atoms with E-state index in [1.165, 1.54) is 25.7 Å². The molecule has 0 aromatic rings. The van der Waals surface area contributed by atoms with Crippen molar-refractivity contribution in [3.63, 3.8) is 0 Å². The molecule has 1 aliphatic rings. The third-order valence-corrected chi connectivity index (χ3v) is 3.96. The van der Waals surface area contributed by atoms with Crippen molar-refractivity contribution in [2.24, 2.45) is 23.7 Å². The topological polar surface area (TPSA) is 0 Å². The van der Waals surface area contributed by atoms with Crippen molar-refractivity contribution >= 4 is 0 Å². The molecule has 0 spiro atoms. The fourth-order valence-electron chi connectivity index (χ4n) is 2.91. The van der Waals surface area contributed by atoms with Gasteiger partial charge in [0.2, 0.25) is 0 Å². The van der Waals surface area contributed by atoms with E-state index in [0.29, 0.717) is 5.92 Å². The lowest BCUT2D eigenvalue weighted by atomic mass is 9.68. The standard InChI is InChI=1S/C15H26/c1-5-8-9-15-12(4)10-11-13(6-2)14(15)7-3/h7,10-15H,3,5-6,8-9H2,1-2,4H3. The average Bonchev–Trinajstić information content (AvgIpc) is 2.27. The van der Waals surface area contributed by atoms with E-state index in [4.69, 9.17) is 0 Å². The van der Waals surface area contributed by atoms with Gasteiger partial charge in [0.25, 0.3) is 0 Å². The van der Waals surface area contributed by atoms with Gasteiger partial charge in [-0.3, -0.25) is 0 Å². The summed E-state index contributed by atoms with van der Waals surface area (Å²) < 4.78 is 0. The van der Waals surface area contributed by atoms with Crippen LogP contribution < -0.4 is 0 Å². The number of rotatable bonds is 5. The van der Waals surface area contributed by atoms with Crippen LogP contribution in [0, 0.1) is 23.7 Å². The van der Waals surface area contributed by atoms with Crippen molar-refractivity contribution in [3.8, 4) is 0 Å². The van der Waals surface area contributed by atoms with Crippen molar-refractivity contribution in [1.82, 2.24) is 0 Å². The number of hydrogen-bond acceptors (Lipinski definition) is 0. The van der Waals surface area contributed by atoms with Crippen LogP contribution in [0.25, 0.3) is 0 Å². The molecule has 0 aliphatic heterocycles. The van der Waals surface area contributed by atoms with E-state index >= 15 is 0 Å². The average molecular weight is 206 g/mol. The first-order chi connectivity index (χ1) is 7.24. The van der Waals surface area contributed by atoms with Crippen LogP contribution >= 0.6 is 0 Å². The van der Waals surface area contributed by atoms with Gasteiger partial charge >= 0.3 is 0 Å². The summed E-state index contributed by atoms with van der Waals surface area (Å²) in [5.41, 5.74) is 0. The summed E-state index contributed by atoms with van der Waals surface area (Å²) in [5, 5.41) is 0. The number of allylic oxidation sites excluding steroid dienone is 3. The van der Waals surface area contributed by atoms with E-state index in [0.717, 1.165) is 17.8 Å². The molecule has 0 nitrogen and oxygen atoms in total. The third-order valence-electron chi connectivity index (χ3n) is 3.96. The van der Waals surface area contributed by atoms with Gasteiger partial charge in [0, 0.05) is 0 Å². The zero-order chi connectivity index (χ0) is 11.3. The molecule has 0 radical (unpaired) electrons. The third kappa shape index (κ3) is 2.96. The van der Waals surface area contributed by atoms with Crippen molar-refractivity contribution in [1.29, 1.82) is 0 Å². The number of unbranched alkanes of at least 4 members (excludes halogenated alkanes) is 1. The SMILES string of the molecule is C=CC1C(CC)C=CC(C)C1CCCC. The highest BCUT2D eigenvalue weighted by Gasteiger charge is 2.30. The van der Waals surface area contributed by atoms with E-state index in [9.17, 15) is 0 Å². The van der Waals surface area contributed by atoms with E-state index in [1.807, 2.05) is 0 Å². The maximum atomic E-state index is 4.04. The Kier molecular flexibility index (Phi) is 5.14. The number of hydrogen-bond donors (Lipinski definition) is 0. The minimum absolute atomic E-state index is 0.710. The fourth-order valence-corrected chi connectivity index (χ4v) is 2.91. The van der Waals surface area contributed by atoms with Crippen LogP contribution in [0.15, 0.2) is 24.8 Å². The first-order valence-corrected chi connectivity index (χ1v) is 6.55. The molecule has 4 unspecified atom stereocenters. The fraction of sp³-hybridized carbons (Fsp3) is 0.733. The van der Waals surface area contributed by atoms with Gasteiger partial charge in [-0.2, -0.15) is 0 Å².